The number of allylic oxidation sites excluding steroid dienone is 2. The van der Waals surface area contributed by atoms with Crippen LogP contribution < -0.4 is 14.8 Å². The lowest BCUT2D eigenvalue weighted by molar-refractivity contribution is -0.116. The molecule has 0 radical (unpaired) electrons. The summed E-state index contributed by atoms with van der Waals surface area (Å²) in [4.78, 5) is 36.7. The Balaban J connectivity index is 1.63. The van der Waals surface area contributed by atoms with Crippen LogP contribution in [0.1, 0.15) is 71.0 Å². The molecule has 192 valence electrons. The third-order valence-electron chi connectivity index (χ3n) is 5.98. The molecule has 0 unspecified atom stereocenters. The molecular formula is C28H33NO7. The van der Waals surface area contributed by atoms with Crippen molar-refractivity contribution in [2.24, 2.45) is 0 Å². The molecule has 36 heavy (non-hydrogen) atoms. The minimum Gasteiger partial charge on any atom is -0.496 e. The molecule has 3 rings (SSSR count). The topological polar surface area (TPSA) is 100 Å². The molecule has 1 N–H and O–H groups in total. The summed E-state index contributed by atoms with van der Waals surface area (Å²) in [6.45, 7) is 7.65. The Kier molecular flexibility index (Phi) is 8.74. The number of cyclic esters (lactones) is 1. The number of fused-ring (bicyclic) bond motifs is 1. The van der Waals surface area contributed by atoms with Gasteiger partial charge in [0, 0.05) is 23.2 Å². The second kappa shape index (κ2) is 11.7. The molecule has 8 heteroatoms. The second-order valence-electron chi connectivity index (χ2n) is 8.93. The molecule has 0 fully saturated rings. The Labute approximate surface area is 211 Å². The van der Waals surface area contributed by atoms with Crippen molar-refractivity contribution in [3.8, 4) is 11.5 Å². The first-order chi connectivity index (χ1) is 17.2. The van der Waals surface area contributed by atoms with Gasteiger partial charge < -0.3 is 24.3 Å². The van der Waals surface area contributed by atoms with Crippen LogP contribution in [0.4, 0.5) is 5.69 Å². The highest BCUT2D eigenvalue weighted by Crippen LogP contribution is 2.42. The predicted molar refractivity (Wildman–Crippen MR) is 136 cm³/mol. The number of benzene rings is 2. The number of anilines is 1. The Hall–Kier alpha value is -3.81. The summed E-state index contributed by atoms with van der Waals surface area (Å²) in [6.07, 6.45) is 3.15. The molecule has 1 amide bonds. The van der Waals surface area contributed by atoms with E-state index in [4.69, 9.17) is 18.9 Å². The number of esters is 2. The van der Waals surface area contributed by atoms with Crippen LogP contribution in [-0.4, -0.2) is 38.2 Å². The smallest absolute Gasteiger partial charge is 0.342 e. The van der Waals surface area contributed by atoms with Crippen molar-refractivity contribution in [2.45, 2.75) is 59.7 Å². The number of carbonyl (C=O) groups excluding carboxylic acids is 3. The summed E-state index contributed by atoms with van der Waals surface area (Å²) in [5.74, 6) is 0.221. The van der Waals surface area contributed by atoms with E-state index < -0.39 is 11.9 Å². The average Bonchev–Trinajstić information content (AvgIpc) is 3.23. The summed E-state index contributed by atoms with van der Waals surface area (Å²) < 4.78 is 21.6. The Morgan fingerprint density at radius 3 is 2.36 bits per heavy atom. The quantitative estimate of drug-likeness (QED) is 0.359. The molecule has 0 saturated carbocycles. The van der Waals surface area contributed by atoms with E-state index >= 15 is 0 Å². The van der Waals surface area contributed by atoms with Crippen LogP contribution in [0.5, 0.6) is 11.5 Å². The molecule has 1 aliphatic heterocycles. The molecule has 1 heterocycles. The van der Waals surface area contributed by atoms with Crippen molar-refractivity contribution in [1.82, 2.24) is 0 Å². The molecule has 0 atom stereocenters. The van der Waals surface area contributed by atoms with Crippen LogP contribution in [0, 0.1) is 6.92 Å². The molecule has 8 nitrogen and oxygen atoms in total. The van der Waals surface area contributed by atoms with Gasteiger partial charge in [0.2, 0.25) is 5.91 Å². The van der Waals surface area contributed by atoms with E-state index in [0.29, 0.717) is 47.6 Å². The van der Waals surface area contributed by atoms with E-state index in [1.165, 1.54) is 7.11 Å². The van der Waals surface area contributed by atoms with Gasteiger partial charge in [-0.25, -0.2) is 9.59 Å². The third-order valence-corrected chi connectivity index (χ3v) is 5.98. The maximum absolute atomic E-state index is 12.4. The maximum Gasteiger partial charge on any atom is 0.342 e. The summed E-state index contributed by atoms with van der Waals surface area (Å²) in [6, 6.07) is 6.61. The van der Waals surface area contributed by atoms with Gasteiger partial charge in [0.15, 0.2) is 0 Å². The highest BCUT2D eigenvalue weighted by atomic mass is 16.5. The first kappa shape index (κ1) is 26.8. The molecule has 0 aromatic heterocycles. The van der Waals surface area contributed by atoms with Gasteiger partial charge in [-0.1, -0.05) is 11.6 Å². The van der Waals surface area contributed by atoms with Gasteiger partial charge in [-0.2, -0.15) is 0 Å². The van der Waals surface area contributed by atoms with Crippen molar-refractivity contribution < 1.29 is 33.3 Å². The maximum atomic E-state index is 12.4. The highest BCUT2D eigenvalue weighted by Gasteiger charge is 2.32. The van der Waals surface area contributed by atoms with Crippen molar-refractivity contribution in [3.05, 3.63) is 63.7 Å². The Morgan fingerprint density at radius 2 is 1.75 bits per heavy atom. The molecule has 2 aromatic rings. The third kappa shape index (κ3) is 6.05. The molecule has 2 aromatic carbocycles. The molecule has 0 spiro atoms. The van der Waals surface area contributed by atoms with Crippen molar-refractivity contribution in [1.29, 1.82) is 0 Å². The summed E-state index contributed by atoms with van der Waals surface area (Å²) in [5, 5.41) is 2.85. The molecule has 1 aliphatic rings. The average molecular weight is 496 g/mol. The van der Waals surface area contributed by atoms with Crippen molar-refractivity contribution in [2.75, 3.05) is 19.5 Å². The number of hydrogen-bond acceptors (Lipinski definition) is 7. The van der Waals surface area contributed by atoms with E-state index in [1.54, 1.807) is 45.2 Å². The van der Waals surface area contributed by atoms with Crippen LogP contribution in [0.15, 0.2) is 35.9 Å². The van der Waals surface area contributed by atoms with Gasteiger partial charge in [0.1, 0.15) is 23.7 Å². The van der Waals surface area contributed by atoms with Gasteiger partial charge >= 0.3 is 11.9 Å². The second-order valence-corrected chi connectivity index (χ2v) is 8.93. The summed E-state index contributed by atoms with van der Waals surface area (Å²) >= 11 is 0. The SMILES string of the molecule is COc1c(C)c2c(c(OC)c1CC=C(C)CCC(=O)Nc1ccc(C(=O)OC(C)C)cc1)C(=O)OC2. The minimum absolute atomic E-state index is 0.133. The zero-order valence-corrected chi connectivity index (χ0v) is 21.7. The predicted octanol–water partition coefficient (Wildman–Crippen LogP) is 5.16. The van der Waals surface area contributed by atoms with Crippen LogP contribution >= 0.6 is 0 Å². The minimum atomic E-state index is -0.396. The first-order valence-electron chi connectivity index (χ1n) is 11.9. The van der Waals surface area contributed by atoms with Crippen LogP contribution in [0.25, 0.3) is 0 Å². The van der Waals surface area contributed by atoms with Crippen LogP contribution in [0.2, 0.25) is 0 Å². The van der Waals surface area contributed by atoms with Crippen molar-refractivity contribution >= 4 is 23.5 Å². The van der Waals surface area contributed by atoms with E-state index in [2.05, 4.69) is 5.32 Å². The first-order valence-corrected chi connectivity index (χ1v) is 11.9. The molecule has 0 bridgehead atoms. The number of methoxy groups -OCH3 is 2. The van der Waals surface area contributed by atoms with E-state index in [9.17, 15) is 14.4 Å². The van der Waals surface area contributed by atoms with Crippen LogP contribution in [0.3, 0.4) is 0 Å². The Morgan fingerprint density at radius 1 is 1.08 bits per heavy atom. The molecule has 0 saturated heterocycles. The zero-order chi connectivity index (χ0) is 26.4. The van der Waals surface area contributed by atoms with Crippen LogP contribution in [-0.2, 0) is 27.3 Å². The number of ether oxygens (including phenoxy) is 4. The summed E-state index contributed by atoms with van der Waals surface area (Å²) in [5.41, 5.74) is 4.94. The number of carbonyl (C=O) groups is 3. The fourth-order valence-corrected chi connectivity index (χ4v) is 4.12. The molecule has 0 aliphatic carbocycles. The van der Waals surface area contributed by atoms with Gasteiger partial charge in [-0.05, 0) is 70.4 Å². The van der Waals surface area contributed by atoms with Crippen molar-refractivity contribution in [3.63, 3.8) is 0 Å². The lowest BCUT2D eigenvalue weighted by atomic mass is 9.94. The van der Waals surface area contributed by atoms with Gasteiger partial charge in [0.05, 0.1) is 25.9 Å². The zero-order valence-electron chi connectivity index (χ0n) is 21.7. The largest absolute Gasteiger partial charge is 0.496 e. The number of amides is 1. The Bertz CT molecular complexity index is 1180. The van der Waals surface area contributed by atoms with E-state index in [1.807, 2.05) is 19.9 Å². The normalized spacial score (nSPS) is 12.8. The number of hydrogen-bond donors (Lipinski definition) is 1. The fourth-order valence-electron chi connectivity index (χ4n) is 4.12. The number of nitrogens with one attached hydrogen (secondary N) is 1. The fraction of sp³-hybridized carbons (Fsp3) is 0.393. The lowest BCUT2D eigenvalue weighted by Gasteiger charge is -2.18. The van der Waals surface area contributed by atoms with Gasteiger partial charge in [-0.15, -0.1) is 0 Å². The summed E-state index contributed by atoms with van der Waals surface area (Å²) in [7, 11) is 3.12. The van der Waals surface area contributed by atoms with Gasteiger partial charge in [0.25, 0.3) is 0 Å². The highest BCUT2D eigenvalue weighted by molar-refractivity contribution is 5.98. The lowest BCUT2D eigenvalue weighted by Crippen LogP contribution is -2.13. The monoisotopic (exact) mass is 495 g/mol. The van der Waals surface area contributed by atoms with E-state index in [-0.39, 0.29) is 18.6 Å². The number of rotatable bonds is 10. The van der Waals surface area contributed by atoms with E-state index in [0.717, 1.165) is 22.3 Å². The van der Waals surface area contributed by atoms with Gasteiger partial charge in [-0.3, -0.25) is 4.79 Å². The molecular weight excluding hydrogens is 462 g/mol. The standard InChI is InChI=1S/C28H33NO7/c1-16(2)36-27(31)19-9-11-20(12-10-19)29-23(30)14-8-17(3)7-13-21-25(33-5)18(4)22-15-35-28(32)24(22)26(21)34-6/h7,9-12,16H,8,13-15H2,1-6H3,(H,29,30).